The normalized spacial score (nSPS) is 17.3. The Kier molecular flexibility index (Phi) is 3.22. The summed E-state index contributed by atoms with van der Waals surface area (Å²) in [5.74, 6) is -0.441. The predicted molar refractivity (Wildman–Crippen MR) is 72.2 cm³/mol. The van der Waals surface area contributed by atoms with Gasteiger partial charge in [-0.05, 0) is 37.6 Å². The third-order valence-corrected chi connectivity index (χ3v) is 6.70. The van der Waals surface area contributed by atoms with Crippen LogP contribution < -0.4 is 0 Å². The van der Waals surface area contributed by atoms with Crippen LogP contribution in [0, 0.1) is 0 Å². The number of rotatable bonds is 3. The van der Waals surface area contributed by atoms with Gasteiger partial charge in [0.2, 0.25) is 9.84 Å². The average molecular weight is 302 g/mol. The van der Waals surface area contributed by atoms with Gasteiger partial charge in [-0.2, -0.15) is 0 Å². The molecule has 0 fully saturated rings. The molecule has 0 bridgehead atoms. The van der Waals surface area contributed by atoms with E-state index in [1.54, 1.807) is 13.8 Å². The van der Waals surface area contributed by atoms with Crippen molar-refractivity contribution in [2.45, 2.75) is 24.0 Å². The number of phenols is 1. The predicted octanol–water partition coefficient (Wildman–Crippen LogP) is 1.34. The van der Waals surface area contributed by atoms with Crippen LogP contribution >= 0.6 is 0 Å². The lowest BCUT2D eigenvalue weighted by atomic mass is 10.1. The lowest BCUT2D eigenvalue weighted by Gasteiger charge is -2.09. The zero-order valence-corrected chi connectivity index (χ0v) is 12.1. The van der Waals surface area contributed by atoms with Crippen LogP contribution in [0.15, 0.2) is 28.5 Å². The van der Waals surface area contributed by atoms with Gasteiger partial charge in [0.25, 0.3) is 0 Å². The molecule has 1 aromatic carbocycles. The Hall–Kier alpha value is -1.34. The van der Waals surface area contributed by atoms with Gasteiger partial charge in [0, 0.05) is 11.0 Å². The van der Waals surface area contributed by atoms with Crippen molar-refractivity contribution < 1.29 is 21.9 Å². The van der Waals surface area contributed by atoms with Gasteiger partial charge in [-0.15, -0.1) is 0 Å². The quantitative estimate of drug-likeness (QED) is 0.910. The molecule has 5 nitrogen and oxygen atoms in total. The number of benzene rings is 1. The van der Waals surface area contributed by atoms with Crippen LogP contribution in [0.25, 0.3) is 5.57 Å². The maximum atomic E-state index is 11.9. The Labute approximate surface area is 112 Å². The summed E-state index contributed by atoms with van der Waals surface area (Å²) in [6.45, 7) is 3.09. The van der Waals surface area contributed by atoms with Crippen molar-refractivity contribution in [3.63, 3.8) is 0 Å². The first-order valence-electron chi connectivity index (χ1n) is 5.64. The van der Waals surface area contributed by atoms with Gasteiger partial charge >= 0.3 is 0 Å². The number of aromatic hydroxyl groups is 1. The maximum Gasteiger partial charge on any atom is 0.200 e. The monoisotopic (exact) mass is 302 g/mol. The SMILES string of the molecule is CC(C)S(=O)(=O)CC1=CS(=O)(=O)c2ccc(O)cc21. The van der Waals surface area contributed by atoms with E-state index in [1.807, 2.05) is 0 Å². The molecular weight excluding hydrogens is 288 g/mol. The van der Waals surface area contributed by atoms with E-state index < -0.39 is 24.9 Å². The summed E-state index contributed by atoms with van der Waals surface area (Å²) in [6, 6.07) is 3.83. The molecule has 0 aromatic heterocycles. The number of phenolic OH excluding ortho intramolecular Hbond substituents is 1. The summed E-state index contributed by atoms with van der Waals surface area (Å²) in [4.78, 5) is 0.0410. The van der Waals surface area contributed by atoms with Crippen LogP contribution in [0.2, 0.25) is 0 Å². The van der Waals surface area contributed by atoms with Gasteiger partial charge < -0.3 is 5.11 Å². The number of fused-ring (bicyclic) bond motifs is 1. The molecule has 7 heteroatoms. The number of hydrogen-bond donors (Lipinski definition) is 1. The molecule has 19 heavy (non-hydrogen) atoms. The topological polar surface area (TPSA) is 88.5 Å². The van der Waals surface area contributed by atoms with Crippen LogP contribution in [0.3, 0.4) is 0 Å². The highest BCUT2D eigenvalue weighted by Gasteiger charge is 2.30. The molecule has 1 heterocycles. The first kappa shape index (κ1) is 14.1. The third-order valence-electron chi connectivity index (χ3n) is 2.99. The summed E-state index contributed by atoms with van der Waals surface area (Å²) in [5, 5.41) is 9.80. The first-order valence-corrected chi connectivity index (χ1v) is 8.90. The van der Waals surface area contributed by atoms with E-state index in [-0.39, 0.29) is 27.5 Å². The van der Waals surface area contributed by atoms with Gasteiger partial charge in [-0.25, -0.2) is 16.8 Å². The molecule has 0 aliphatic carbocycles. The Balaban J connectivity index is 2.55. The first-order chi connectivity index (χ1) is 8.63. The van der Waals surface area contributed by atoms with Crippen molar-refractivity contribution in [1.82, 2.24) is 0 Å². The minimum absolute atomic E-state index is 0.0410. The highest BCUT2D eigenvalue weighted by molar-refractivity contribution is 7.95. The molecule has 1 aliphatic heterocycles. The summed E-state index contributed by atoms with van der Waals surface area (Å²) < 4.78 is 47.5. The minimum Gasteiger partial charge on any atom is -0.508 e. The zero-order chi connectivity index (χ0) is 14.4. The molecule has 0 saturated carbocycles. The lowest BCUT2D eigenvalue weighted by Crippen LogP contribution is -2.18. The van der Waals surface area contributed by atoms with Gasteiger partial charge in [0.15, 0.2) is 9.84 Å². The van der Waals surface area contributed by atoms with E-state index >= 15 is 0 Å². The average Bonchev–Trinajstić information content (AvgIpc) is 2.49. The van der Waals surface area contributed by atoms with Crippen LogP contribution in [-0.4, -0.2) is 32.9 Å². The molecule has 1 aromatic rings. The minimum atomic E-state index is -3.61. The second-order valence-electron chi connectivity index (χ2n) is 4.72. The Morgan fingerprint density at radius 2 is 1.89 bits per heavy atom. The van der Waals surface area contributed by atoms with E-state index in [2.05, 4.69) is 0 Å². The Morgan fingerprint density at radius 3 is 2.47 bits per heavy atom. The van der Waals surface area contributed by atoms with Crippen molar-refractivity contribution in [3.8, 4) is 5.75 Å². The smallest absolute Gasteiger partial charge is 0.200 e. The Bertz CT molecular complexity index is 755. The van der Waals surface area contributed by atoms with Crippen LogP contribution in [0.4, 0.5) is 0 Å². The van der Waals surface area contributed by atoms with Crippen LogP contribution in [-0.2, 0) is 19.7 Å². The summed E-state index contributed by atoms with van der Waals surface area (Å²) in [6.07, 6.45) is 0. The summed E-state index contributed by atoms with van der Waals surface area (Å²) in [7, 11) is -7.01. The molecule has 0 atom stereocenters. The molecule has 0 radical (unpaired) electrons. The van der Waals surface area contributed by atoms with E-state index in [0.29, 0.717) is 0 Å². The molecule has 1 N–H and O–H groups in total. The van der Waals surface area contributed by atoms with Crippen molar-refractivity contribution in [1.29, 1.82) is 0 Å². The summed E-state index contributed by atoms with van der Waals surface area (Å²) in [5.41, 5.74) is 0.476. The molecule has 0 spiro atoms. The van der Waals surface area contributed by atoms with E-state index in [0.717, 1.165) is 5.41 Å². The summed E-state index contributed by atoms with van der Waals surface area (Å²) >= 11 is 0. The van der Waals surface area contributed by atoms with Crippen molar-refractivity contribution in [3.05, 3.63) is 29.2 Å². The van der Waals surface area contributed by atoms with Gasteiger partial charge in [-0.3, -0.25) is 0 Å². The molecule has 2 rings (SSSR count). The van der Waals surface area contributed by atoms with Gasteiger partial charge in [0.05, 0.1) is 15.9 Å². The molecule has 0 unspecified atom stereocenters. The molecule has 0 amide bonds. The van der Waals surface area contributed by atoms with Crippen molar-refractivity contribution >= 4 is 25.2 Å². The van der Waals surface area contributed by atoms with E-state index in [4.69, 9.17) is 0 Å². The maximum absolute atomic E-state index is 11.9. The zero-order valence-electron chi connectivity index (χ0n) is 10.5. The number of hydrogen-bond acceptors (Lipinski definition) is 5. The lowest BCUT2D eigenvalue weighted by molar-refractivity contribution is 0.474. The fourth-order valence-corrected chi connectivity index (χ4v) is 4.40. The van der Waals surface area contributed by atoms with Gasteiger partial charge in [-0.1, -0.05) is 0 Å². The van der Waals surface area contributed by atoms with Crippen molar-refractivity contribution in [2.75, 3.05) is 5.75 Å². The fraction of sp³-hybridized carbons (Fsp3) is 0.333. The fourth-order valence-electron chi connectivity index (χ4n) is 1.83. The van der Waals surface area contributed by atoms with E-state index in [9.17, 15) is 21.9 Å². The molecular formula is C12H14O5S2. The molecule has 0 saturated heterocycles. The second kappa shape index (κ2) is 4.35. The van der Waals surface area contributed by atoms with Crippen LogP contribution in [0.5, 0.6) is 5.75 Å². The third kappa shape index (κ3) is 2.52. The number of sulfone groups is 2. The largest absolute Gasteiger partial charge is 0.508 e. The second-order valence-corrected chi connectivity index (χ2v) is 9.05. The molecule has 1 aliphatic rings. The standard InChI is InChI=1S/C12H14O5S2/c1-8(2)18(14,15)6-9-7-19(16,17)12-4-3-10(13)5-11(9)12/h3-5,7-8,13H,6H2,1-2H3. The van der Waals surface area contributed by atoms with Gasteiger partial charge in [0.1, 0.15) is 5.75 Å². The van der Waals surface area contributed by atoms with Crippen LogP contribution in [0.1, 0.15) is 19.4 Å². The highest BCUT2D eigenvalue weighted by Crippen LogP contribution is 2.36. The Morgan fingerprint density at radius 1 is 1.26 bits per heavy atom. The van der Waals surface area contributed by atoms with E-state index in [1.165, 1.54) is 18.2 Å². The molecule has 104 valence electrons. The van der Waals surface area contributed by atoms with Crippen molar-refractivity contribution in [2.24, 2.45) is 0 Å². The highest BCUT2D eigenvalue weighted by atomic mass is 32.2.